The number of rotatable bonds is 3. The quantitative estimate of drug-likeness (QED) is 0.336. The lowest BCUT2D eigenvalue weighted by atomic mass is 9.95. The predicted molar refractivity (Wildman–Crippen MR) is 74.0 cm³/mol. The fourth-order valence-electron chi connectivity index (χ4n) is 2.46. The van der Waals surface area contributed by atoms with Crippen molar-refractivity contribution in [2.45, 2.75) is 26.0 Å². The number of hydrogen-bond donors (Lipinski definition) is 3. The molecule has 20 heavy (non-hydrogen) atoms. The molecule has 1 heterocycles. The van der Waals surface area contributed by atoms with E-state index in [1.165, 1.54) is 12.1 Å². The fraction of sp³-hybridized carbons (Fsp3) is 0.500. The summed E-state index contributed by atoms with van der Waals surface area (Å²) in [5, 5.41) is 21.4. The van der Waals surface area contributed by atoms with Gasteiger partial charge in [-0.1, -0.05) is 12.1 Å². The number of oxime groups is 1. The lowest BCUT2D eigenvalue weighted by Gasteiger charge is -2.34. The van der Waals surface area contributed by atoms with Crippen LogP contribution in [0.2, 0.25) is 0 Å². The van der Waals surface area contributed by atoms with E-state index in [0.717, 1.165) is 18.5 Å². The average molecular weight is 281 g/mol. The Bertz CT molecular complexity index is 507. The van der Waals surface area contributed by atoms with Crippen molar-refractivity contribution in [2.75, 3.05) is 13.1 Å². The number of hydrogen-bond acceptors (Lipinski definition) is 4. The Hall–Kier alpha value is -1.66. The van der Waals surface area contributed by atoms with Gasteiger partial charge in [-0.25, -0.2) is 4.39 Å². The van der Waals surface area contributed by atoms with Crippen molar-refractivity contribution in [3.63, 3.8) is 0 Å². The molecule has 0 radical (unpaired) electrons. The lowest BCUT2D eigenvalue weighted by molar-refractivity contribution is 0.0259. The molecule has 0 aliphatic carbocycles. The molecule has 1 aliphatic rings. The largest absolute Gasteiger partial charge is 0.409 e. The van der Waals surface area contributed by atoms with Crippen LogP contribution in [0.5, 0.6) is 0 Å². The minimum Gasteiger partial charge on any atom is -0.409 e. The monoisotopic (exact) mass is 281 g/mol. The van der Waals surface area contributed by atoms with Gasteiger partial charge < -0.3 is 16.0 Å². The van der Waals surface area contributed by atoms with Crippen LogP contribution in [0, 0.1) is 11.7 Å². The van der Waals surface area contributed by atoms with Crippen LogP contribution in [0.4, 0.5) is 4.39 Å². The number of halogens is 1. The molecule has 0 spiro atoms. The molecule has 0 aromatic heterocycles. The van der Waals surface area contributed by atoms with Crippen LogP contribution < -0.4 is 5.73 Å². The van der Waals surface area contributed by atoms with Gasteiger partial charge in [-0.2, -0.15) is 0 Å². The molecular formula is C14H20FN3O2. The van der Waals surface area contributed by atoms with Gasteiger partial charge in [0.15, 0.2) is 5.84 Å². The van der Waals surface area contributed by atoms with E-state index in [2.05, 4.69) is 10.1 Å². The maximum absolute atomic E-state index is 13.6. The van der Waals surface area contributed by atoms with Gasteiger partial charge in [0.05, 0.1) is 6.10 Å². The van der Waals surface area contributed by atoms with E-state index < -0.39 is 5.82 Å². The molecule has 1 aromatic carbocycles. The van der Waals surface area contributed by atoms with Crippen LogP contribution in [0.15, 0.2) is 23.4 Å². The van der Waals surface area contributed by atoms with E-state index in [0.29, 0.717) is 24.6 Å². The van der Waals surface area contributed by atoms with Crippen molar-refractivity contribution in [3.05, 3.63) is 35.1 Å². The summed E-state index contributed by atoms with van der Waals surface area (Å²) in [6.45, 7) is 4.01. The van der Waals surface area contributed by atoms with E-state index in [1.807, 2.05) is 6.92 Å². The first-order chi connectivity index (χ1) is 9.49. The van der Waals surface area contributed by atoms with Gasteiger partial charge in [0.2, 0.25) is 0 Å². The Morgan fingerprint density at radius 3 is 2.90 bits per heavy atom. The summed E-state index contributed by atoms with van der Waals surface area (Å²) in [5.41, 5.74) is 6.58. The predicted octanol–water partition coefficient (Wildman–Crippen LogP) is 1.12. The summed E-state index contributed by atoms with van der Waals surface area (Å²) in [6.07, 6.45) is 0.574. The number of nitrogens with zero attached hydrogens (tertiary/aromatic N) is 2. The molecular weight excluding hydrogens is 261 g/mol. The summed E-state index contributed by atoms with van der Waals surface area (Å²) in [6, 6.07) is 4.35. The molecule has 0 saturated carbocycles. The normalized spacial score (nSPS) is 24.9. The Morgan fingerprint density at radius 2 is 2.25 bits per heavy atom. The third-order valence-corrected chi connectivity index (χ3v) is 3.77. The first-order valence-electron chi connectivity index (χ1n) is 6.67. The van der Waals surface area contributed by atoms with Crippen molar-refractivity contribution >= 4 is 5.84 Å². The second kappa shape index (κ2) is 6.19. The van der Waals surface area contributed by atoms with E-state index in [4.69, 9.17) is 10.9 Å². The average Bonchev–Trinajstić information content (AvgIpc) is 2.41. The third kappa shape index (κ3) is 3.46. The van der Waals surface area contributed by atoms with Gasteiger partial charge in [0.25, 0.3) is 0 Å². The van der Waals surface area contributed by atoms with Gasteiger partial charge in [0.1, 0.15) is 5.82 Å². The standard InChI is InChI=1S/C14H20FN3O2/c1-9-2-3-18(8-13(9)19)7-10-4-11(14(16)17-20)6-12(15)5-10/h4-6,9,13,19-20H,2-3,7-8H2,1H3,(H2,16,17). The van der Waals surface area contributed by atoms with E-state index in [1.54, 1.807) is 6.07 Å². The van der Waals surface area contributed by atoms with Gasteiger partial charge in [-0.05, 0) is 42.6 Å². The SMILES string of the molecule is CC1CCN(Cc2cc(F)cc(/C(N)=N/O)c2)CC1O. The molecule has 1 aromatic rings. The zero-order valence-corrected chi connectivity index (χ0v) is 11.5. The van der Waals surface area contributed by atoms with Crippen LogP contribution in [0.25, 0.3) is 0 Å². The lowest BCUT2D eigenvalue weighted by Crippen LogP contribution is -2.42. The maximum atomic E-state index is 13.6. The second-order valence-electron chi connectivity index (χ2n) is 5.40. The van der Waals surface area contributed by atoms with Crippen LogP contribution in [-0.4, -0.2) is 40.2 Å². The molecule has 2 atom stereocenters. The summed E-state index contributed by atoms with van der Waals surface area (Å²) < 4.78 is 13.6. The Morgan fingerprint density at radius 1 is 1.50 bits per heavy atom. The minimum atomic E-state index is -0.421. The van der Waals surface area contributed by atoms with Crippen molar-refractivity contribution in [1.82, 2.24) is 4.90 Å². The number of likely N-dealkylation sites (tertiary alicyclic amines) is 1. The second-order valence-corrected chi connectivity index (χ2v) is 5.40. The molecule has 0 amide bonds. The number of amidine groups is 1. The number of aliphatic hydroxyl groups is 1. The number of β-amino-alcohol motifs (C(OH)–C–C–N with tert-alkyl or cyclic N) is 1. The highest BCUT2D eigenvalue weighted by Crippen LogP contribution is 2.19. The van der Waals surface area contributed by atoms with Crippen molar-refractivity contribution < 1.29 is 14.7 Å². The van der Waals surface area contributed by atoms with Gasteiger partial charge >= 0.3 is 0 Å². The third-order valence-electron chi connectivity index (χ3n) is 3.77. The molecule has 1 fully saturated rings. The first kappa shape index (κ1) is 14.7. The fourth-order valence-corrected chi connectivity index (χ4v) is 2.46. The van der Waals surface area contributed by atoms with E-state index >= 15 is 0 Å². The van der Waals surface area contributed by atoms with Crippen LogP contribution in [0.3, 0.4) is 0 Å². The number of piperidine rings is 1. The highest BCUT2D eigenvalue weighted by Gasteiger charge is 2.24. The zero-order chi connectivity index (χ0) is 14.7. The molecule has 6 heteroatoms. The van der Waals surface area contributed by atoms with Crippen LogP contribution >= 0.6 is 0 Å². The van der Waals surface area contributed by atoms with Crippen molar-refractivity contribution in [3.8, 4) is 0 Å². The Balaban J connectivity index is 2.11. The van der Waals surface area contributed by atoms with Crippen LogP contribution in [-0.2, 0) is 6.54 Å². The molecule has 5 nitrogen and oxygen atoms in total. The number of benzene rings is 1. The summed E-state index contributed by atoms with van der Waals surface area (Å²) in [7, 11) is 0. The van der Waals surface area contributed by atoms with Crippen LogP contribution in [0.1, 0.15) is 24.5 Å². The molecule has 1 aliphatic heterocycles. The van der Waals surface area contributed by atoms with Crippen molar-refractivity contribution in [1.29, 1.82) is 0 Å². The van der Waals surface area contributed by atoms with Gasteiger partial charge in [0, 0.05) is 18.7 Å². The zero-order valence-electron chi connectivity index (χ0n) is 11.5. The molecule has 2 rings (SSSR count). The summed E-state index contributed by atoms with van der Waals surface area (Å²) in [5.74, 6) is -0.237. The highest BCUT2D eigenvalue weighted by molar-refractivity contribution is 5.97. The van der Waals surface area contributed by atoms with Gasteiger partial charge in [-0.3, -0.25) is 4.90 Å². The van der Waals surface area contributed by atoms with Gasteiger partial charge in [-0.15, -0.1) is 0 Å². The summed E-state index contributed by atoms with van der Waals surface area (Å²) in [4.78, 5) is 2.08. The number of aliphatic hydroxyl groups excluding tert-OH is 1. The number of nitrogens with two attached hydrogens (primary N) is 1. The molecule has 1 saturated heterocycles. The van der Waals surface area contributed by atoms with E-state index in [9.17, 15) is 9.50 Å². The minimum absolute atomic E-state index is 0.113. The molecule has 4 N–H and O–H groups in total. The maximum Gasteiger partial charge on any atom is 0.170 e. The first-order valence-corrected chi connectivity index (χ1v) is 6.67. The van der Waals surface area contributed by atoms with Crippen molar-refractivity contribution in [2.24, 2.45) is 16.8 Å². The summed E-state index contributed by atoms with van der Waals surface area (Å²) >= 11 is 0. The van der Waals surface area contributed by atoms with E-state index in [-0.39, 0.29) is 11.9 Å². The highest BCUT2D eigenvalue weighted by atomic mass is 19.1. The molecule has 0 bridgehead atoms. The topological polar surface area (TPSA) is 82.1 Å². The Kier molecular flexibility index (Phi) is 4.57. The molecule has 110 valence electrons. The Labute approximate surface area is 117 Å². The molecule has 2 unspecified atom stereocenters. The smallest absolute Gasteiger partial charge is 0.170 e.